The fourth-order valence-corrected chi connectivity index (χ4v) is 2.94. The minimum Gasteiger partial charge on any atom is -0.338 e. The molecule has 1 saturated heterocycles. The summed E-state index contributed by atoms with van der Waals surface area (Å²) >= 11 is 0. The van der Waals surface area contributed by atoms with Crippen molar-refractivity contribution in [2.75, 3.05) is 13.1 Å². The van der Waals surface area contributed by atoms with Gasteiger partial charge in [0.25, 0.3) is 0 Å². The van der Waals surface area contributed by atoms with E-state index in [0.29, 0.717) is 24.2 Å². The van der Waals surface area contributed by atoms with E-state index in [1.54, 1.807) is 0 Å². The van der Waals surface area contributed by atoms with Crippen LogP contribution in [0.3, 0.4) is 0 Å². The predicted octanol–water partition coefficient (Wildman–Crippen LogP) is 2.54. The third-order valence-corrected chi connectivity index (χ3v) is 4.19. The minimum atomic E-state index is -0.171. The van der Waals surface area contributed by atoms with Gasteiger partial charge < -0.3 is 10.3 Å². The van der Waals surface area contributed by atoms with Crippen molar-refractivity contribution in [2.45, 2.75) is 32.4 Å². The fourth-order valence-electron chi connectivity index (χ4n) is 2.94. The number of hydrogen-bond donors (Lipinski definition) is 1. The first kappa shape index (κ1) is 17.8. The smallest absolute Gasteiger partial charge is 0.240 e. The Balaban J connectivity index is 0.00000192. The molecule has 0 bridgehead atoms. The van der Waals surface area contributed by atoms with E-state index in [2.05, 4.69) is 15.0 Å². The summed E-state index contributed by atoms with van der Waals surface area (Å²) in [7, 11) is 0. The van der Waals surface area contributed by atoms with Crippen LogP contribution in [-0.2, 0) is 19.5 Å². The molecule has 0 unspecified atom stereocenters. The Labute approximate surface area is 141 Å². The van der Waals surface area contributed by atoms with Crippen molar-refractivity contribution in [2.24, 2.45) is 11.7 Å². The topological polar surface area (TPSA) is 68.2 Å². The molecule has 1 aliphatic heterocycles. The van der Waals surface area contributed by atoms with Gasteiger partial charge in [-0.15, -0.1) is 12.4 Å². The highest BCUT2D eigenvalue weighted by molar-refractivity contribution is 5.85. The van der Waals surface area contributed by atoms with Crippen molar-refractivity contribution in [1.82, 2.24) is 15.0 Å². The number of nitrogens with zero attached hydrogens (tertiary/aromatic N) is 3. The molecule has 2 N–H and O–H groups in total. The Morgan fingerprint density at radius 1 is 1.22 bits per heavy atom. The van der Waals surface area contributed by atoms with Crippen molar-refractivity contribution in [1.29, 1.82) is 0 Å². The average Bonchev–Trinajstić information content (AvgIpc) is 2.99. The van der Waals surface area contributed by atoms with Gasteiger partial charge in [0.05, 0.1) is 13.1 Å². The third kappa shape index (κ3) is 4.99. The quantitative estimate of drug-likeness (QED) is 0.906. The number of likely N-dealkylation sites (tertiary alicyclic amines) is 1. The maximum atomic E-state index is 12.9. The van der Waals surface area contributed by atoms with E-state index in [9.17, 15) is 4.39 Å². The maximum absolute atomic E-state index is 12.9. The molecule has 5 nitrogen and oxygen atoms in total. The highest BCUT2D eigenvalue weighted by Crippen LogP contribution is 2.22. The van der Waals surface area contributed by atoms with Gasteiger partial charge >= 0.3 is 0 Å². The Bertz CT molecular complexity index is 596. The number of halogens is 2. The Kier molecular flexibility index (Phi) is 6.50. The van der Waals surface area contributed by atoms with Gasteiger partial charge in [-0.25, -0.2) is 4.39 Å². The molecule has 2 aromatic rings. The van der Waals surface area contributed by atoms with Gasteiger partial charge in [-0.2, -0.15) is 4.98 Å². The molecule has 1 aromatic heterocycles. The zero-order valence-electron chi connectivity index (χ0n) is 12.9. The molecule has 0 aliphatic carbocycles. The van der Waals surface area contributed by atoms with Crippen LogP contribution in [0.15, 0.2) is 28.8 Å². The number of hydrogen-bond acceptors (Lipinski definition) is 5. The summed E-state index contributed by atoms with van der Waals surface area (Å²) < 4.78 is 17.9. The maximum Gasteiger partial charge on any atom is 0.240 e. The molecular formula is C16H22ClFN4O. The number of aromatic nitrogens is 2. The summed E-state index contributed by atoms with van der Waals surface area (Å²) in [5.74, 6) is 1.68. The predicted molar refractivity (Wildman–Crippen MR) is 87.5 cm³/mol. The lowest BCUT2D eigenvalue weighted by Gasteiger charge is -2.31. The van der Waals surface area contributed by atoms with Crippen molar-refractivity contribution in [3.63, 3.8) is 0 Å². The lowest BCUT2D eigenvalue weighted by atomic mass is 9.90. The van der Waals surface area contributed by atoms with Crippen LogP contribution in [0.1, 0.15) is 30.1 Å². The summed E-state index contributed by atoms with van der Waals surface area (Å²) in [6.45, 7) is 3.05. The van der Waals surface area contributed by atoms with Gasteiger partial charge in [-0.3, -0.25) is 4.90 Å². The number of piperidine rings is 1. The molecule has 1 aromatic carbocycles. The van der Waals surface area contributed by atoms with E-state index in [4.69, 9.17) is 10.3 Å². The first-order valence-electron chi connectivity index (χ1n) is 7.71. The third-order valence-electron chi connectivity index (χ3n) is 4.19. The minimum absolute atomic E-state index is 0. The molecule has 0 radical (unpaired) electrons. The van der Waals surface area contributed by atoms with Gasteiger partial charge in [0.15, 0.2) is 5.82 Å². The molecule has 7 heteroatoms. The van der Waals surface area contributed by atoms with Crippen molar-refractivity contribution in [3.8, 4) is 0 Å². The van der Waals surface area contributed by atoms with Crippen molar-refractivity contribution in [3.05, 3.63) is 47.4 Å². The van der Waals surface area contributed by atoms with Crippen LogP contribution in [0, 0.1) is 11.7 Å². The van der Waals surface area contributed by atoms with Crippen LogP contribution in [0.25, 0.3) is 0 Å². The monoisotopic (exact) mass is 340 g/mol. The van der Waals surface area contributed by atoms with Crippen LogP contribution < -0.4 is 5.73 Å². The second-order valence-corrected chi connectivity index (χ2v) is 5.86. The Morgan fingerprint density at radius 3 is 2.52 bits per heavy atom. The molecule has 2 heterocycles. The van der Waals surface area contributed by atoms with Crippen molar-refractivity contribution < 1.29 is 8.91 Å². The molecule has 1 aliphatic rings. The second-order valence-electron chi connectivity index (χ2n) is 5.86. The summed E-state index contributed by atoms with van der Waals surface area (Å²) in [4.78, 5) is 6.58. The molecule has 0 spiro atoms. The summed E-state index contributed by atoms with van der Waals surface area (Å²) in [6.07, 6.45) is 3.30. The van der Waals surface area contributed by atoms with Crippen LogP contribution in [0.5, 0.6) is 0 Å². The first-order valence-corrected chi connectivity index (χ1v) is 7.71. The van der Waals surface area contributed by atoms with E-state index in [1.165, 1.54) is 17.7 Å². The number of rotatable bonds is 5. The summed E-state index contributed by atoms with van der Waals surface area (Å²) in [5.41, 5.74) is 6.68. The lowest BCUT2D eigenvalue weighted by Crippen LogP contribution is -2.34. The van der Waals surface area contributed by atoms with E-state index in [1.807, 2.05) is 12.1 Å². The molecule has 1 fully saturated rings. The van der Waals surface area contributed by atoms with Crippen LogP contribution >= 0.6 is 12.4 Å². The van der Waals surface area contributed by atoms with Gasteiger partial charge in [0.1, 0.15) is 5.82 Å². The Morgan fingerprint density at radius 2 is 1.91 bits per heavy atom. The molecule has 0 amide bonds. The molecule has 126 valence electrons. The van der Waals surface area contributed by atoms with Gasteiger partial charge in [0, 0.05) is 0 Å². The highest BCUT2D eigenvalue weighted by atomic mass is 35.5. The molecule has 0 atom stereocenters. The second kappa shape index (κ2) is 8.38. The average molecular weight is 341 g/mol. The molecule has 23 heavy (non-hydrogen) atoms. The van der Waals surface area contributed by atoms with E-state index >= 15 is 0 Å². The highest BCUT2D eigenvalue weighted by Gasteiger charge is 2.21. The fraction of sp³-hybridized carbons (Fsp3) is 0.500. The van der Waals surface area contributed by atoms with Crippen molar-refractivity contribution >= 4 is 12.4 Å². The molecule has 0 saturated carbocycles. The largest absolute Gasteiger partial charge is 0.338 e. The summed E-state index contributed by atoms with van der Waals surface area (Å²) in [6, 6.07) is 6.84. The van der Waals surface area contributed by atoms with E-state index < -0.39 is 0 Å². The van der Waals surface area contributed by atoms with Crippen LogP contribution in [0.4, 0.5) is 4.39 Å². The van der Waals surface area contributed by atoms with Crippen LogP contribution in [-0.4, -0.2) is 28.1 Å². The zero-order valence-corrected chi connectivity index (χ0v) is 13.8. The van der Waals surface area contributed by atoms with Gasteiger partial charge in [-0.05, 0) is 56.0 Å². The zero-order chi connectivity index (χ0) is 15.4. The number of nitrogens with two attached hydrogens (primary N) is 1. The van der Waals surface area contributed by atoms with E-state index in [0.717, 1.165) is 32.4 Å². The molecular weight excluding hydrogens is 319 g/mol. The molecule has 3 rings (SSSR count). The SMILES string of the molecule is Cl.NCc1nc(CN2CCC(Cc3ccc(F)cc3)CC2)no1. The normalized spacial score (nSPS) is 16.3. The van der Waals surface area contributed by atoms with E-state index in [-0.39, 0.29) is 24.8 Å². The standard InChI is InChI=1S/C16H21FN4O.ClH/c17-14-3-1-12(2-4-14)9-13-5-7-21(8-6-13)11-15-19-16(10-18)22-20-15;/h1-4,13H,5-11,18H2;1H. The summed E-state index contributed by atoms with van der Waals surface area (Å²) in [5, 5.41) is 3.93. The number of benzene rings is 1. The van der Waals surface area contributed by atoms with Gasteiger partial charge in [0.2, 0.25) is 5.89 Å². The lowest BCUT2D eigenvalue weighted by molar-refractivity contribution is 0.172. The first-order chi connectivity index (χ1) is 10.7. The Hall–Kier alpha value is -1.50. The van der Waals surface area contributed by atoms with Gasteiger partial charge in [-0.1, -0.05) is 17.3 Å². The van der Waals surface area contributed by atoms with Crippen LogP contribution in [0.2, 0.25) is 0 Å².